The number of nitrogens with zero attached hydrogens (tertiary/aromatic N) is 3. The highest BCUT2D eigenvalue weighted by Gasteiger charge is 2.11. The van der Waals surface area contributed by atoms with Gasteiger partial charge < -0.3 is 15.5 Å². The van der Waals surface area contributed by atoms with Crippen molar-refractivity contribution in [3.8, 4) is 0 Å². The van der Waals surface area contributed by atoms with Gasteiger partial charge in [-0.15, -0.1) is 0 Å². The minimum Gasteiger partial charge on any atom is -0.378 e. The number of anilines is 4. The van der Waals surface area contributed by atoms with Crippen LogP contribution in [0.4, 0.5) is 22.9 Å². The van der Waals surface area contributed by atoms with E-state index in [4.69, 9.17) is 11.6 Å². The van der Waals surface area contributed by atoms with Crippen LogP contribution in [-0.4, -0.2) is 30.0 Å². The number of hydrogen-bond donors (Lipinski definition) is 2. The number of halogens is 1. The van der Waals surface area contributed by atoms with E-state index in [9.17, 15) is 4.79 Å². The Labute approximate surface area is 163 Å². The lowest BCUT2D eigenvalue weighted by molar-refractivity contribution is 0.102. The fraction of sp³-hybridized carbons (Fsp3) is 0.150. The van der Waals surface area contributed by atoms with Crippen LogP contribution in [-0.2, 0) is 0 Å². The van der Waals surface area contributed by atoms with Crippen LogP contribution in [0.5, 0.6) is 0 Å². The summed E-state index contributed by atoms with van der Waals surface area (Å²) in [7, 11) is 3.97. The summed E-state index contributed by atoms with van der Waals surface area (Å²) in [5.74, 6) is 0.728. The molecule has 1 heterocycles. The zero-order chi connectivity index (χ0) is 19.4. The van der Waals surface area contributed by atoms with E-state index in [2.05, 4.69) is 20.6 Å². The Kier molecular flexibility index (Phi) is 5.57. The molecule has 3 aromatic rings. The smallest absolute Gasteiger partial charge is 0.274 e. The van der Waals surface area contributed by atoms with Crippen LogP contribution in [0.1, 0.15) is 16.3 Å². The van der Waals surface area contributed by atoms with E-state index in [0.717, 1.165) is 11.4 Å². The second-order valence-electron chi connectivity index (χ2n) is 6.22. The summed E-state index contributed by atoms with van der Waals surface area (Å²) in [6, 6.07) is 16.5. The van der Waals surface area contributed by atoms with Gasteiger partial charge in [-0.05, 0) is 49.4 Å². The number of carbonyl (C=O) groups is 1. The van der Waals surface area contributed by atoms with Crippen LogP contribution in [0.2, 0.25) is 5.02 Å². The molecule has 138 valence electrons. The fourth-order valence-electron chi connectivity index (χ4n) is 2.50. The number of carbonyl (C=O) groups excluding carboxylic acids is 1. The molecule has 1 aromatic heterocycles. The minimum atomic E-state index is -0.325. The lowest BCUT2D eigenvalue weighted by Gasteiger charge is -2.13. The molecule has 0 aliphatic heterocycles. The van der Waals surface area contributed by atoms with Gasteiger partial charge in [-0.3, -0.25) is 4.79 Å². The summed E-state index contributed by atoms with van der Waals surface area (Å²) in [5, 5.41) is 6.55. The van der Waals surface area contributed by atoms with E-state index in [0.29, 0.717) is 22.4 Å². The maximum absolute atomic E-state index is 12.5. The molecular formula is C20H20ClN5O. The van der Waals surface area contributed by atoms with Gasteiger partial charge in [-0.2, -0.15) is 0 Å². The summed E-state index contributed by atoms with van der Waals surface area (Å²) in [4.78, 5) is 23.1. The van der Waals surface area contributed by atoms with Gasteiger partial charge in [0.05, 0.1) is 0 Å². The number of aromatic nitrogens is 2. The molecule has 27 heavy (non-hydrogen) atoms. The normalized spacial score (nSPS) is 10.4. The number of benzene rings is 2. The van der Waals surface area contributed by atoms with Crippen molar-refractivity contribution in [3.05, 3.63) is 71.1 Å². The van der Waals surface area contributed by atoms with Gasteiger partial charge in [-0.25, -0.2) is 9.97 Å². The first-order valence-corrected chi connectivity index (χ1v) is 8.75. The molecule has 1 amide bonds. The number of nitrogens with one attached hydrogen (secondary N) is 2. The molecule has 0 radical (unpaired) electrons. The molecule has 0 bridgehead atoms. The second kappa shape index (κ2) is 8.05. The van der Waals surface area contributed by atoms with Crippen molar-refractivity contribution in [2.75, 3.05) is 29.6 Å². The van der Waals surface area contributed by atoms with Crippen LogP contribution < -0.4 is 15.5 Å². The molecule has 0 saturated heterocycles. The molecular weight excluding hydrogens is 362 g/mol. The predicted octanol–water partition coefficient (Wildman–Crippen LogP) is 4.50. The Morgan fingerprint density at radius 3 is 2.41 bits per heavy atom. The van der Waals surface area contributed by atoms with E-state index < -0.39 is 0 Å². The number of rotatable bonds is 5. The first-order chi connectivity index (χ1) is 12.9. The largest absolute Gasteiger partial charge is 0.378 e. The maximum Gasteiger partial charge on any atom is 0.274 e. The molecule has 0 aliphatic carbocycles. The third-order valence-electron chi connectivity index (χ3n) is 3.81. The molecule has 2 aromatic carbocycles. The SMILES string of the molecule is Cc1nc(Nc2ccc(N(C)C)cc2)cc(C(=O)Nc2cccc(Cl)c2)n1. The Hall–Kier alpha value is -3.12. The zero-order valence-electron chi connectivity index (χ0n) is 15.3. The van der Waals surface area contributed by atoms with Crippen molar-refractivity contribution in [2.24, 2.45) is 0 Å². The summed E-state index contributed by atoms with van der Waals surface area (Å²) < 4.78 is 0. The van der Waals surface area contributed by atoms with Gasteiger partial charge in [0.2, 0.25) is 0 Å². The minimum absolute atomic E-state index is 0.273. The Morgan fingerprint density at radius 2 is 1.74 bits per heavy atom. The molecule has 0 spiro atoms. The highest BCUT2D eigenvalue weighted by molar-refractivity contribution is 6.30. The van der Waals surface area contributed by atoms with Crippen LogP contribution >= 0.6 is 11.6 Å². The molecule has 0 aliphatic rings. The van der Waals surface area contributed by atoms with Gasteiger partial charge >= 0.3 is 0 Å². The standard InChI is InChI=1S/C20H20ClN5O/c1-13-22-18(20(27)25-16-6-4-5-14(21)11-16)12-19(23-13)24-15-7-9-17(10-8-15)26(2)3/h4-12H,1-3H3,(H,25,27)(H,22,23,24). The molecule has 0 unspecified atom stereocenters. The summed E-state index contributed by atoms with van der Waals surface area (Å²) in [6.07, 6.45) is 0. The summed E-state index contributed by atoms with van der Waals surface area (Å²) in [6.45, 7) is 1.75. The first-order valence-electron chi connectivity index (χ1n) is 8.38. The molecule has 2 N–H and O–H groups in total. The van der Waals surface area contributed by atoms with E-state index in [-0.39, 0.29) is 11.6 Å². The third-order valence-corrected chi connectivity index (χ3v) is 4.04. The Bertz CT molecular complexity index is 957. The zero-order valence-corrected chi connectivity index (χ0v) is 16.1. The van der Waals surface area contributed by atoms with Gasteiger partial charge in [0.15, 0.2) is 0 Å². The monoisotopic (exact) mass is 381 g/mol. The Morgan fingerprint density at radius 1 is 1.00 bits per heavy atom. The number of hydrogen-bond acceptors (Lipinski definition) is 5. The second-order valence-corrected chi connectivity index (χ2v) is 6.65. The quantitative estimate of drug-likeness (QED) is 0.680. The van der Waals surface area contributed by atoms with Crippen molar-refractivity contribution >= 4 is 40.4 Å². The molecule has 0 saturated carbocycles. The summed E-state index contributed by atoms with van der Waals surface area (Å²) in [5.41, 5.74) is 2.85. The molecule has 6 nitrogen and oxygen atoms in total. The van der Waals surface area contributed by atoms with E-state index >= 15 is 0 Å². The van der Waals surface area contributed by atoms with Crippen molar-refractivity contribution < 1.29 is 4.79 Å². The Balaban J connectivity index is 1.78. The van der Waals surface area contributed by atoms with Crippen LogP contribution in [0.3, 0.4) is 0 Å². The third kappa shape index (κ3) is 4.95. The predicted molar refractivity (Wildman–Crippen MR) is 110 cm³/mol. The van der Waals surface area contributed by atoms with Gasteiger partial charge in [0.25, 0.3) is 5.91 Å². The molecule has 0 fully saturated rings. The van der Waals surface area contributed by atoms with Crippen LogP contribution in [0.15, 0.2) is 54.6 Å². The van der Waals surface area contributed by atoms with Gasteiger partial charge in [0, 0.05) is 42.2 Å². The van der Waals surface area contributed by atoms with Crippen molar-refractivity contribution in [1.29, 1.82) is 0 Å². The highest BCUT2D eigenvalue weighted by atomic mass is 35.5. The van der Waals surface area contributed by atoms with Crippen LogP contribution in [0.25, 0.3) is 0 Å². The maximum atomic E-state index is 12.5. The van der Waals surface area contributed by atoms with E-state index in [1.807, 2.05) is 43.3 Å². The molecule has 3 rings (SSSR count). The number of aryl methyl sites for hydroxylation is 1. The fourth-order valence-corrected chi connectivity index (χ4v) is 2.69. The lowest BCUT2D eigenvalue weighted by Crippen LogP contribution is -2.15. The first kappa shape index (κ1) is 18.7. The van der Waals surface area contributed by atoms with Crippen molar-refractivity contribution in [3.63, 3.8) is 0 Å². The summed E-state index contributed by atoms with van der Waals surface area (Å²) >= 11 is 5.96. The van der Waals surface area contributed by atoms with Gasteiger partial charge in [-0.1, -0.05) is 17.7 Å². The lowest BCUT2D eigenvalue weighted by atomic mass is 10.2. The molecule has 0 atom stereocenters. The number of amides is 1. The van der Waals surface area contributed by atoms with Gasteiger partial charge in [0.1, 0.15) is 17.3 Å². The van der Waals surface area contributed by atoms with E-state index in [1.165, 1.54) is 0 Å². The van der Waals surface area contributed by atoms with Crippen molar-refractivity contribution in [2.45, 2.75) is 6.92 Å². The average Bonchev–Trinajstić information content (AvgIpc) is 2.61. The van der Waals surface area contributed by atoms with Crippen LogP contribution in [0, 0.1) is 6.92 Å². The van der Waals surface area contributed by atoms with E-state index in [1.54, 1.807) is 37.3 Å². The topological polar surface area (TPSA) is 70.2 Å². The average molecular weight is 382 g/mol. The van der Waals surface area contributed by atoms with Crippen molar-refractivity contribution in [1.82, 2.24) is 9.97 Å². The highest BCUT2D eigenvalue weighted by Crippen LogP contribution is 2.20. The molecule has 7 heteroatoms.